The quantitative estimate of drug-likeness (QED) is 0.329. The van der Waals surface area contributed by atoms with Crippen molar-refractivity contribution in [2.75, 3.05) is 0 Å². The molecule has 2 heterocycles. The molecule has 156 valence electrons. The molecule has 4 nitrogen and oxygen atoms in total. The maximum atomic E-state index is 13.7. The van der Waals surface area contributed by atoms with Crippen molar-refractivity contribution in [3.05, 3.63) is 97.0 Å². The van der Waals surface area contributed by atoms with Gasteiger partial charge in [-0.1, -0.05) is 24.3 Å². The number of hydrogen-bond acceptors (Lipinski definition) is 3. The van der Waals surface area contributed by atoms with Crippen molar-refractivity contribution in [1.82, 2.24) is 14.8 Å². The number of pyridine rings is 1. The molecule has 0 N–H and O–H groups in total. The van der Waals surface area contributed by atoms with E-state index in [0.717, 1.165) is 45.1 Å². The molecular formula is C26H17F2N3O. The Balaban J connectivity index is 1.92. The Morgan fingerprint density at radius 2 is 1.38 bits per heavy atom. The molecule has 0 amide bonds. The highest BCUT2D eigenvalue weighted by molar-refractivity contribution is 6.08. The third-order valence-corrected chi connectivity index (χ3v) is 5.38. The molecule has 0 atom stereocenters. The minimum Gasteiger partial charge on any atom is -0.301 e. The van der Waals surface area contributed by atoms with E-state index in [4.69, 9.17) is 0 Å². The van der Waals surface area contributed by atoms with E-state index < -0.39 is 0 Å². The van der Waals surface area contributed by atoms with Crippen molar-refractivity contribution in [2.24, 2.45) is 0 Å². The van der Waals surface area contributed by atoms with E-state index in [-0.39, 0.29) is 18.2 Å². The van der Waals surface area contributed by atoms with Crippen LogP contribution in [0.3, 0.4) is 0 Å². The fraction of sp³-hybridized carbons (Fsp3) is 0.0385. The number of rotatable bonds is 5. The Morgan fingerprint density at radius 1 is 0.781 bits per heavy atom. The number of halogens is 2. The van der Waals surface area contributed by atoms with Crippen molar-refractivity contribution in [1.29, 1.82) is 0 Å². The van der Waals surface area contributed by atoms with Gasteiger partial charge in [0.1, 0.15) is 17.9 Å². The summed E-state index contributed by atoms with van der Waals surface area (Å²) in [6.45, 7) is 0.119. The Bertz CT molecular complexity index is 1410. The first-order valence-corrected chi connectivity index (χ1v) is 10.0. The molecule has 2 aromatic heterocycles. The number of carbonyl (C=O) groups excluding carboxylic acids is 1. The van der Waals surface area contributed by atoms with E-state index in [1.54, 1.807) is 41.3 Å². The van der Waals surface area contributed by atoms with Gasteiger partial charge in [-0.2, -0.15) is 5.10 Å². The van der Waals surface area contributed by atoms with Gasteiger partial charge in [0.05, 0.1) is 12.1 Å². The molecule has 0 saturated carbocycles. The molecule has 6 heteroatoms. The number of carbonyl (C=O) groups is 1. The molecule has 32 heavy (non-hydrogen) atoms. The van der Waals surface area contributed by atoms with Crippen LogP contribution in [0.2, 0.25) is 0 Å². The first-order valence-electron chi connectivity index (χ1n) is 10.0. The highest BCUT2D eigenvalue weighted by Gasteiger charge is 2.20. The average Bonchev–Trinajstić information content (AvgIpc) is 3.22. The Hall–Kier alpha value is -4.19. The average molecular weight is 425 g/mol. The number of nitrogens with zero attached hydrogens (tertiary/aromatic N) is 3. The van der Waals surface area contributed by atoms with Crippen LogP contribution in [-0.2, 0) is 11.3 Å². The van der Waals surface area contributed by atoms with E-state index in [1.165, 1.54) is 24.3 Å². The van der Waals surface area contributed by atoms with Gasteiger partial charge in [0, 0.05) is 29.5 Å². The van der Waals surface area contributed by atoms with Crippen LogP contribution < -0.4 is 0 Å². The first-order chi connectivity index (χ1) is 15.6. The summed E-state index contributed by atoms with van der Waals surface area (Å²) in [4.78, 5) is 15.2. The zero-order valence-electron chi connectivity index (χ0n) is 16.9. The molecule has 0 unspecified atom stereocenters. The van der Waals surface area contributed by atoms with Crippen LogP contribution in [0, 0.1) is 11.6 Å². The van der Waals surface area contributed by atoms with E-state index in [9.17, 15) is 13.6 Å². The summed E-state index contributed by atoms with van der Waals surface area (Å²) in [5, 5.41) is 5.40. The van der Waals surface area contributed by atoms with Gasteiger partial charge in [-0.15, -0.1) is 0 Å². The monoisotopic (exact) mass is 425 g/mol. The molecule has 0 radical (unpaired) electrons. The second-order valence-electron chi connectivity index (χ2n) is 7.37. The lowest BCUT2D eigenvalue weighted by molar-refractivity contribution is -0.108. The van der Waals surface area contributed by atoms with Crippen molar-refractivity contribution in [2.45, 2.75) is 6.54 Å². The molecule has 0 saturated heterocycles. The normalized spacial score (nSPS) is 11.1. The van der Waals surface area contributed by atoms with Crippen molar-refractivity contribution in [3.63, 3.8) is 0 Å². The maximum absolute atomic E-state index is 13.7. The summed E-state index contributed by atoms with van der Waals surface area (Å²) < 4.78 is 29.0. The fourth-order valence-corrected chi connectivity index (χ4v) is 3.98. The number of hydrogen-bond donors (Lipinski definition) is 0. The van der Waals surface area contributed by atoms with Crippen molar-refractivity contribution >= 4 is 17.2 Å². The predicted octanol–water partition coefficient (Wildman–Crippen LogP) is 5.91. The summed E-state index contributed by atoms with van der Waals surface area (Å²) in [5.41, 5.74) is 5.80. The van der Waals surface area contributed by atoms with Crippen LogP contribution >= 0.6 is 0 Å². The zero-order valence-corrected chi connectivity index (χ0v) is 16.9. The summed E-state index contributed by atoms with van der Waals surface area (Å²) >= 11 is 0. The third kappa shape index (κ3) is 3.56. The lowest BCUT2D eigenvalue weighted by Crippen LogP contribution is -1.98. The van der Waals surface area contributed by atoms with Crippen LogP contribution in [0.4, 0.5) is 8.78 Å². The van der Waals surface area contributed by atoms with Gasteiger partial charge >= 0.3 is 0 Å². The molecule has 0 aliphatic carbocycles. The van der Waals surface area contributed by atoms with Gasteiger partial charge in [0.15, 0.2) is 0 Å². The Labute approximate surface area is 182 Å². The minimum absolute atomic E-state index is 0.119. The van der Waals surface area contributed by atoms with E-state index >= 15 is 0 Å². The molecule has 3 aromatic carbocycles. The highest BCUT2D eigenvalue weighted by atomic mass is 19.1. The number of aldehydes is 1. The van der Waals surface area contributed by atoms with Crippen LogP contribution in [0.15, 0.2) is 85.3 Å². The molecular weight excluding hydrogens is 408 g/mol. The van der Waals surface area contributed by atoms with Gasteiger partial charge in [-0.25, -0.2) is 8.78 Å². The van der Waals surface area contributed by atoms with Gasteiger partial charge in [-0.05, 0) is 70.3 Å². The van der Waals surface area contributed by atoms with Crippen LogP contribution in [0.25, 0.3) is 44.3 Å². The topological polar surface area (TPSA) is 47.8 Å². The van der Waals surface area contributed by atoms with Crippen molar-refractivity contribution in [3.8, 4) is 33.4 Å². The van der Waals surface area contributed by atoms with Gasteiger partial charge in [0.25, 0.3) is 0 Å². The van der Waals surface area contributed by atoms with Crippen LogP contribution in [0.5, 0.6) is 0 Å². The molecule has 0 aliphatic rings. The predicted molar refractivity (Wildman–Crippen MR) is 120 cm³/mol. The van der Waals surface area contributed by atoms with Gasteiger partial charge in [0.2, 0.25) is 0 Å². The molecule has 0 bridgehead atoms. The minimum atomic E-state index is -0.332. The Kier molecular flexibility index (Phi) is 5.03. The molecule has 5 aromatic rings. The number of aromatic nitrogens is 3. The van der Waals surface area contributed by atoms with Crippen molar-refractivity contribution < 1.29 is 13.6 Å². The standard InChI is InChI=1S/C26H17F2N3O/c27-20-5-1-17(2-6-20)22-15-24-23(16-31(30-24)13-14-32)26(18-3-7-21(28)8-4-18)25(22)19-9-11-29-12-10-19/h1-12,14-16H,13H2. The number of fused-ring (bicyclic) bond motifs is 1. The largest absolute Gasteiger partial charge is 0.301 e. The second kappa shape index (κ2) is 8.15. The lowest BCUT2D eigenvalue weighted by Gasteiger charge is -2.17. The zero-order chi connectivity index (χ0) is 22.1. The van der Waals surface area contributed by atoms with Gasteiger partial charge in [-0.3, -0.25) is 9.67 Å². The summed E-state index contributed by atoms with van der Waals surface area (Å²) in [5.74, 6) is -0.656. The van der Waals surface area contributed by atoms with Crippen LogP contribution in [0.1, 0.15) is 0 Å². The summed E-state index contributed by atoms with van der Waals surface area (Å²) in [6.07, 6.45) is 6.02. The van der Waals surface area contributed by atoms with Crippen LogP contribution in [-0.4, -0.2) is 21.1 Å². The SMILES string of the molecule is O=CCn1cc2c(-c3ccc(F)cc3)c(-c3ccncc3)c(-c3ccc(F)cc3)cc2n1. The summed E-state index contributed by atoms with van der Waals surface area (Å²) in [6, 6.07) is 18.3. The maximum Gasteiger partial charge on any atom is 0.141 e. The molecule has 0 spiro atoms. The van der Waals surface area contributed by atoms with E-state index in [2.05, 4.69) is 10.1 Å². The van der Waals surface area contributed by atoms with Gasteiger partial charge < -0.3 is 4.79 Å². The lowest BCUT2D eigenvalue weighted by atomic mass is 9.86. The third-order valence-electron chi connectivity index (χ3n) is 5.38. The summed E-state index contributed by atoms with van der Waals surface area (Å²) in [7, 11) is 0. The van der Waals surface area contributed by atoms with E-state index in [0.29, 0.717) is 5.52 Å². The second-order valence-corrected chi connectivity index (χ2v) is 7.37. The fourth-order valence-electron chi connectivity index (χ4n) is 3.98. The number of benzene rings is 3. The van der Waals surface area contributed by atoms with E-state index in [1.807, 2.05) is 24.4 Å². The smallest absolute Gasteiger partial charge is 0.141 e. The first kappa shape index (κ1) is 19.8. The molecule has 5 rings (SSSR count). The molecule has 0 fully saturated rings. The molecule has 0 aliphatic heterocycles. The highest BCUT2D eigenvalue weighted by Crippen LogP contribution is 2.44. The Morgan fingerprint density at radius 3 is 2.00 bits per heavy atom.